The molecule has 0 bridgehead atoms. The lowest BCUT2D eigenvalue weighted by molar-refractivity contribution is 0.506. The third kappa shape index (κ3) is 4.20. The fourth-order valence-corrected chi connectivity index (χ4v) is 2.22. The molecule has 0 aromatic carbocycles. The first-order chi connectivity index (χ1) is 6.22. The van der Waals surface area contributed by atoms with Crippen LogP contribution < -0.4 is 5.73 Å². The van der Waals surface area contributed by atoms with E-state index >= 15 is 0 Å². The van der Waals surface area contributed by atoms with Gasteiger partial charge in [-0.1, -0.05) is 6.92 Å². The zero-order valence-corrected chi connectivity index (χ0v) is 10.0. The minimum absolute atomic E-state index is 0.605. The van der Waals surface area contributed by atoms with E-state index < -0.39 is 0 Å². The quantitative estimate of drug-likeness (QED) is 0.888. The molecule has 13 heavy (non-hydrogen) atoms. The number of hydrogen-bond donors (Lipinski definition) is 1. The molecule has 2 nitrogen and oxygen atoms in total. The zero-order valence-electron chi connectivity index (χ0n) is 7.63. The van der Waals surface area contributed by atoms with Crippen molar-refractivity contribution in [1.82, 2.24) is 0 Å². The molecule has 4 heteroatoms. The van der Waals surface area contributed by atoms with Gasteiger partial charge < -0.3 is 10.2 Å². The van der Waals surface area contributed by atoms with Crippen molar-refractivity contribution in [3.63, 3.8) is 0 Å². The number of furan rings is 1. The molecule has 0 amide bonds. The van der Waals surface area contributed by atoms with Crippen LogP contribution in [0.1, 0.15) is 19.1 Å². The van der Waals surface area contributed by atoms with E-state index in [0.29, 0.717) is 5.25 Å². The third-order valence-electron chi connectivity index (χ3n) is 1.71. The van der Waals surface area contributed by atoms with Gasteiger partial charge in [0.05, 0.1) is 5.75 Å². The van der Waals surface area contributed by atoms with Crippen molar-refractivity contribution in [2.45, 2.75) is 24.3 Å². The molecule has 1 rings (SSSR count). The fraction of sp³-hybridized carbons (Fsp3) is 0.556. The highest BCUT2D eigenvalue weighted by Crippen LogP contribution is 2.22. The maximum Gasteiger partial charge on any atom is 0.169 e. The second-order valence-corrected chi connectivity index (χ2v) is 5.11. The Balaban J connectivity index is 2.26. The summed E-state index contributed by atoms with van der Waals surface area (Å²) in [5.74, 6) is 1.94. The highest BCUT2D eigenvalue weighted by Gasteiger charge is 2.04. The van der Waals surface area contributed by atoms with Crippen molar-refractivity contribution in [1.29, 1.82) is 0 Å². The first-order valence-electron chi connectivity index (χ1n) is 4.28. The monoisotopic (exact) mass is 263 g/mol. The van der Waals surface area contributed by atoms with Crippen LogP contribution in [0.3, 0.4) is 0 Å². The Hall–Kier alpha value is 0.0700. The number of rotatable bonds is 5. The third-order valence-corrected chi connectivity index (χ3v) is 3.39. The van der Waals surface area contributed by atoms with E-state index in [1.807, 2.05) is 23.9 Å². The predicted octanol–water partition coefficient (Wildman–Crippen LogP) is 3.01. The van der Waals surface area contributed by atoms with Gasteiger partial charge in [-0.15, -0.1) is 0 Å². The first-order valence-corrected chi connectivity index (χ1v) is 6.12. The predicted molar refractivity (Wildman–Crippen MR) is 60.8 cm³/mol. The lowest BCUT2D eigenvalue weighted by atomic mass is 10.3. The lowest BCUT2D eigenvalue weighted by Crippen LogP contribution is -2.06. The summed E-state index contributed by atoms with van der Waals surface area (Å²) in [6.45, 7) is 2.95. The van der Waals surface area contributed by atoms with Gasteiger partial charge in [0.1, 0.15) is 5.76 Å². The molecule has 1 aromatic heterocycles. The average Bonchev–Trinajstić information content (AvgIpc) is 2.49. The Kier molecular flexibility index (Phi) is 4.91. The summed E-state index contributed by atoms with van der Waals surface area (Å²) in [5, 5.41) is 0.605. The Morgan fingerprint density at radius 2 is 2.38 bits per heavy atom. The molecule has 0 saturated carbocycles. The molecule has 0 radical (unpaired) electrons. The number of halogens is 1. The molecule has 1 unspecified atom stereocenters. The van der Waals surface area contributed by atoms with Gasteiger partial charge in [0.2, 0.25) is 0 Å². The zero-order chi connectivity index (χ0) is 9.68. The van der Waals surface area contributed by atoms with Crippen LogP contribution in [0.15, 0.2) is 21.2 Å². The molecule has 1 aromatic rings. The van der Waals surface area contributed by atoms with Crippen molar-refractivity contribution in [2.24, 2.45) is 5.73 Å². The highest BCUT2D eigenvalue weighted by molar-refractivity contribution is 9.10. The van der Waals surface area contributed by atoms with Crippen molar-refractivity contribution in [2.75, 3.05) is 6.54 Å². The summed E-state index contributed by atoms with van der Waals surface area (Å²) in [4.78, 5) is 0. The van der Waals surface area contributed by atoms with E-state index in [0.717, 1.165) is 29.1 Å². The van der Waals surface area contributed by atoms with Crippen LogP contribution >= 0.6 is 27.7 Å². The molecule has 1 atom stereocenters. The molecular weight excluding hydrogens is 250 g/mol. The van der Waals surface area contributed by atoms with Gasteiger partial charge in [0.15, 0.2) is 4.67 Å². The van der Waals surface area contributed by atoms with Gasteiger partial charge in [-0.3, -0.25) is 0 Å². The van der Waals surface area contributed by atoms with E-state index in [9.17, 15) is 0 Å². The summed E-state index contributed by atoms with van der Waals surface area (Å²) in [5.41, 5.74) is 5.46. The molecule has 2 N–H and O–H groups in total. The summed E-state index contributed by atoms with van der Waals surface area (Å²) in [7, 11) is 0. The standard InChI is InChI=1S/C9H14BrNOS/c1-7(4-5-11)13-6-8-2-3-9(10)12-8/h2-3,7H,4-6,11H2,1H3. The van der Waals surface area contributed by atoms with Gasteiger partial charge in [-0.05, 0) is 41.0 Å². The molecule has 0 saturated heterocycles. The van der Waals surface area contributed by atoms with Crippen LogP contribution in [0.2, 0.25) is 0 Å². The van der Waals surface area contributed by atoms with Crippen molar-refractivity contribution in [3.8, 4) is 0 Å². The van der Waals surface area contributed by atoms with Crippen LogP contribution in [-0.4, -0.2) is 11.8 Å². The van der Waals surface area contributed by atoms with E-state index in [2.05, 4.69) is 22.9 Å². The average molecular weight is 264 g/mol. The van der Waals surface area contributed by atoms with Crippen LogP contribution in [0.5, 0.6) is 0 Å². The molecule has 0 aliphatic heterocycles. The Bertz CT molecular complexity index is 252. The second kappa shape index (κ2) is 5.73. The number of hydrogen-bond acceptors (Lipinski definition) is 3. The molecule has 0 fully saturated rings. The van der Waals surface area contributed by atoms with Gasteiger partial charge in [0, 0.05) is 5.25 Å². The minimum atomic E-state index is 0.605. The smallest absolute Gasteiger partial charge is 0.169 e. The summed E-state index contributed by atoms with van der Waals surface area (Å²) >= 11 is 5.15. The fourth-order valence-electron chi connectivity index (χ4n) is 0.972. The SMILES string of the molecule is CC(CCN)SCc1ccc(Br)o1. The maximum atomic E-state index is 5.46. The van der Waals surface area contributed by atoms with E-state index in [4.69, 9.17) is 10.2 Å². The van der Waals surface area contributed by atoms with Gasteiger partial charge in [-0.2, -0.15) is 11.8 Å². The molecule has 0 aliphatic carbocycles. The minimum Gasteiger partial charge on any atom is -0.453 e. The molecule has 1 heterocycles. The topological polar surface area (TPSA) is 39.2 Å². The summed E-state index contributed by atoms with van der Waals surface area (Å²) in [6.07, 6.45) is 1.06. The highest BCUT2D eigenvalue weighted by atomic mass is 79.9. The van der Waals surface area contributed by atoms with E-state index in [1.54, 1.807) is 0 Å². The normalized spacial score (nSPS) is 13.2. The van der Waals surface area contributed by atoms with E-state index in [-0.39, 0.29) is 0 Å². The Morgan fingerprint density at radius 1 is 1.62 bits per heavy atom. The Labute approximate surface area is 91.4 Å². The first kappa shape index (κ1) is 11.1. The van der Waals surface area contributed by atoms with Crippen molar-refractivity contribution < 1.29 is 4.42 Å². The number of thioether (sulfide) groups is 1. The second-order valence-electron chi connectivity index (χ2n) is 2.90. The molecule has 0 spiro atoms. The van der Waals surface area contributed by atoms with Gasteiger partial charge >= 0.3 is 0 Å². The summed E-state index contributed by atoms with van der Waals surface area (Å²) in [6, 6.07) is 3.91. The molecule has 74 valence electrons. The van der Waals surface area contributed by atoms with Crippen molar-refractivity contribution in [3.05, 3.63) is 22.6 Å². The lowest BCUT2D eigenvalue weighted by Gasteiger charge is -2.07. The maximum absolute atomic E-state index is 5.46. The Morgan fingerprint density at radius 3 is 2.92 bits per heavy atom. The molecular formula is C9H14BrNOS. The van der Waals surface area contributed by atoms with Gasteiger partial charge in [-0.25, -0.2) is 0 Å². The van der Waals surface area contributed by atoms with Crippen LogP contribution in [0, 0.1) is 0 Å². The van der Waals surface area contributed by atoms with Crippen molar-refractivity contribution >= 4 is 27.7 Å². The largest absolute Gasteiger partial charge is 0.453 e. The van der Waals surface area contributed by atoms with Crippen LogP contribution in [0.25, 0.3) is 0 Å². The number of nitrogens with two attached hydrogens (primary N) is 1. The summed E-state index contributed by atoms with van der Waals surface area (Å²) < 4.78 is 6.18. The molecule has 0 aliphatic rings. The van der Waals surface area contributed by atoms with Gasteiger partial charge in [0.25, 0.3) is 0 Å². The van der Waals surface area contributed by atoms with Crippen LogP contribution in [-0.2, 0) is 5.75 Å². The van der Waals surface area contributed by atoms with E-state index in [1.165, 1.54) is 0 Å². The van der Waals surface area contributed by atoms with Crippen LogP contribution in [0.4, 0.5) is 0 Å².